The molecule has 0 saturated carbocycles. The summed E-state index contributed by atoms with van der Waals surface area (Å²) in [5, 5.41) is 6.25. The Kier molecular flexibility index (Phi) is 3.64. The molecule has 1 N–H and O–H groups in total. The highest BCUT2D eigenvalue weighted by atomic mass is 32.2. The molecule has 1 aromatic heterocycles. The molecule has 5 heteroatoms. The molecule has 0 aliphatic carbocycles. The summed E-state index contributed by atoms with van der Waals surface area (Å²) in [7, 11) is 0. The van der Waals surface area contributed by atoms with E-state index in [1.165, 1.54) is 11.3 Å². The monoisotopic (exact) mass is 241 g/mol. The van der Waals surface area contributed by atoms with Gasteiger partial charge in [0.25, 0.3) is 0 Å². The van der Waals surface area contributed by atoms with Gasteiger partial charge in [-0.25, -0.2) is 4.98 Å². The second-order valence-corrected chi connectivity index (χ2v) is 6.10. The molecule has 0 amide bonds. The van der Waals surface area contributed by atoms with E-state index in [1.807, 2.05) is 24.9 Å². The summed E-state index contributed by atoms with van der Waals surface area (Å²) >= 11 is 3.60. The van der Waals surface area contributed by atoms with Crippen LogP contribution in [0.1, 0.15) is 23.2 Å². The average Bonchev–Trinajstić information content (AvgIpc) is 2.83. The normalized spacial score (nSPS) is 20.4. The van der Waals surface area contributed by atoms with Gasteiger partial charge in [-0.1, -0.05) is 18.7 Å². The number of hydrogen-bond acceptors (Lipinski definition) is 5. The number of amidine groups is 1. The van der Waals surface area contributed by atoms with Gasteiger partial charge >= 0.3 is 0 Å². The molecule has 82 valence electrons. The first-order chi connectivity index (χ1) is 7.28. The molecule has 3 nitrogen and oxygen atoms in total. The largest absolute Gasteiger partial charge is 0.360 e. The van der Waals surface area contributed by atoms with Crippen molar-refractivity contribution in [3.8, 4) is 0 Å². The van der Waals surface area contributed by atoms with E-state index in [0.717, 1.165) is 23.3 Å². The molecular weight excluding hydrogens is 226 g/mol. The molecule has 0 saturated heterocycles. The van der Waals surface area contributed by atoms with Crippen LogP contribution in [0.5, 0.6) is 0 Å². The van der Waals surface area contributed by atoms with Gasteiger partial charge in [-0.3, -0.25) is 4.99 Å². The van der Waals surface area contributed by atoms with Crippen molar-refractivity contribution in [1.29, 1.82) is 0 Å². The molecule has 1 aliphatic rings. The van der Waals surface area contributed by atoms with E-state index in [1.54, 1.807) is 11.3 Å². The first-order valence-corrected chi connectivity index (χ1v) is 6.84. The van der Waals surface area contributed by atoms with Gasteiger partial charge in [0, 0.05) is 16.3 Å². The van der Waals surface area contributed by atoms with Crippen molar-refractivity contribution in [2.45, 2.75) is 32.1 Å². The number of aromatic nitrogens is 1. The van der Waals surface area contributed by atoms with E-state index in [4.69, 9.17) is 0 Å². The van der Waals surface area contributed by atoms with Gasteiger partial charge in [0.2, 0.25) is 0 Å². The van der Waals surface area contributed by atoms with Crippen LogP contribution in [-0.2, 0) is 6.54 Å². The first-order valence-electron chi connectivity index (χ1n) is 5.14. The van der Waals surface area contributed by atoms with Crippen molar-refractivity contribution in [1.82, 2.24) is 10.3 Å². The minimum absolute atomic E-state index is 0.677. The van der Waals surface area contributed by atoms with Crippen molar-refractivity contribution >= 4 is 28.3 Å². The van der Waals surface area contributed by atoms with Crippen molar-refractivity contribution in [2.24, 2.45) is 4.99 Å². The lowest BCUT2D eigenvalue weighted by atomic mass is 10.3. The van der Waals surface area contributed by atoms with Crippen LogP contribution in [0, 0.1) is 6.92 Å². The standard InChI is InChI=1S/C10H15N3S2/c1-3-8-4-12-10(15-8)13-6-9-5-11-7(2)14-9/h5,8H,3-4,6H2,1-2H3,(H,12,13). The van der Waals surface area contributed by atoms with Crippen molar-refractivity contribution in [3.05, 3.63) is 16.1 Å². The van der Waals surface area contributed by atoms with Crippen molar-refractivity contribution < 1.29 is 0 Å². The van der Waals surface area contributed by atoms with Crippen molar-refractivity contribution in [2.75, 3.05) is 6.54 Å². The number of nitrogens with zero attached hydrogens (tertiary/aromatic N) is 2. The Labute approximate surface area is 98.4 Å². The zero-order valence-electron chi connectivity index (χ0n) is 8.99. The van der Waals surface area contributed by atoms with Gasteiger partial charge in [0.15, 0.2) is 5.17 Å². The Morgan fingerprint density at radius 2 is 2.47 bits per heavy atom. The lowest BCUT2D eigenvalue weighted by Crippen LogP contribution is -2.18. The summed E-state index contributed by atoms with van der Waals surface area (Å²) in [6, 6.07) is 0. The Bertz CT molecular complexity index is 359. The Morgan fingerprint density at radius 1 is 1.60 bits per heavy atom. The number of aliphatic imine (C=N–C) groups is 1. The Morgan fingerprint density at radius 3 is 3.07 bits per heavy atom. The molecule has 1 unspecified atom stereocenters. The predicted octanol–water partition coefficient (Wildman–Crippen LogP) is 2.42. The fourth-order valence-electron chi connectivity index (χ4n) is 1.38. The molecule has 0 aromatic carbocycles. The number of hydrogen-bond donors (Lipinski definition) is 1. The third-order valence-electron chi connectivity index (χ3n) is 2.26. The summed E-state index contributed by atoms with van der Waals surface area (Å²) in [5.41, 5.74) is 0. The Hall–Kier alpha value is -0.550. The van der Waals surface area contributed by atoms with Crippen LogP contribution in [0.3, 0.4) is 0 Å². The summed E-state index contributed by atoms with van der Waals surface area (Å²) in [5.74, 6) is 0. The van der Waals surface area contributed by atoms with E-state index in [-0.39, 0.29) is 0 Å². The highest BCUT2D eigenvalue weighted by Gasteiger charge is 2.17. The van der Waals surface area contributed by atoms with Crippen molar-refractivity contribution in [3.63, 3.8) is 0 Å². The second kappa shape index (κ2) is 4.99. The minimum Gasteiger partial charge on any atom is -0.360 e. The zero-order chi connectivity index (χ0) is 10.7. The SMILES string of the molecule is CCC1CN=C(NCc2cnc(C)s2)S1. The van der Waals surface area contributed by atoms with Gasteiger partial charge in [0.1, 0.15) is 0 Å². The summed E-state index contributed by atoms with van der Waals surface area (Å²) < 4.78 is 0. The number of thioether (sulfide) groups is 1. The zero-order valence-corrected chi connectivity index (χ0v) is 10.6. The fourth-order valence-corrected chi connectivity index (χ4v) is 3.05. The molecule has 0 spiro atoms. The molecular formula is C10H15N3S2. The molecule has 0 radical (unpaired) electrons. The highest BCUT2D eigenvalue weighted by Crippen LogP contribution is 2.22. The van der Waals surface area contributed by atoms with Crippen LogP contribution in [-0.4, -0.2) is 21.9 Å². The van der Waals surface area contributed by atoms with E-state index in [2.05, 4.69) is 22.2 Å². The summed E-state index contributed by atoms with van der Waals surface area (Å²) in [4.78, 5) is 9.96. The smallest absolute Gasteiger partial charge is 0.157 e. The maximum Gasteiger partial charge on any atom is 0.157 e. The first kappa shape index (κ1) is 11.0. The van der Waals surface area contributed by atoms with Crippen LogP contribution >= 0.6 is 23.1 Å². The molecule has 0 bridgehead atoms. The number of thiazole rings is 1. The van der Waals surface area contributed by atoms with E-state index in [9.17, 15) is 0 Å². The lowest BCUT2D eigenvalue weighted by Gasteiger charge is -2.05. The predicted molar refractivity (Wildman–Crippen MR) is 67.7 cm³/mol. The second-order valence-electron chi connectivity index (χ2n) is 3.49. The maximum absolute atomic E-state index is 4.46. The molecule has 1 aliphatic heterocycles. The molecule has 1 aromatic rings. The third kappa shape index (κ3) is 2.95. The van der Waals surface area contributed by atoms with E-state index >= 15 is 0 Å². The minimum atomic E-state index is 0.677. The molecule has 2 heterocycles. The quantitative estimate of drug-likeness (QED) is 0.883. The van der Waals surface area contributed by atoms with Gasteiger partial charge in [-0.2, -0.15) is 0 Å². The van der Waals surface area contributed by atoms with Gasteiger partial charge < -0.3 is 5.32 Å². The summed E-state index contributed by atoms with van der Waals surface area (Å²) in [6.07, 6.45) is 3.13. The van der Waals surface area contributed by atoms with Crippen LogP contribution in [0.2, 0.25) is 0 Å². The molecule has 0 fully saturated rings. The lowest BCUT2D eigenvalue weighted by molar-refractivity contribution is 0.840. The number of aryl methyl sites for hydroxylation is 1. The summed E-state index contributed by atoms with van der Waals surface area (Å²) in [6.45, 7) is 6.06. The van der Waals surface area contributed by atoms with Gasteiger partial charge in [0.05, 0.1) is 18.1 Å². The van der Waals surface area contributed by atoms with Crippen LogP contribution in [0.25, 0.3) is 0 Å². The topological polar surface area (TPSA) is 37.3 Å². The van der Waals surface area contributed by atoms with E-state index in [0.29, 0.717) is 5.25 Å². The van der Waals surface area contributed by atoms with Crippen LogP contribution in [0.15, 0.2) is 11.2 Å². The van der Waals surface area contributed by atoms with Gasteiger partial charge in [-0.05, 0) is 13.3 Å². The van der Waals surface area contributed by atoms with Crippen LogP contribution < -0.4 is 5.32 Å². The van der Waals surface area contributed by atoms with E-state index < -0.39 is 0 Å². The van der Waals surface area contributed by atoms with Crippen LogP contribution in [0.4, 0.5) is 0 Å². The molecule has 2 rings (SSSR count). The van der Waals surface area contributed by atoms with Gasteiger partial charge in [-0.15, -0.1) is 11.3 Å². The highest BCUT2D eigenvalue weighted by molar-refractivity contribution is 8.14. The number of nitrogens with one attached hydrogen (secondary N) is 1. The fraction of sp³-hybridized carbons (Fsp3) is 0.600. The Balaban J connectivity index is 1.80. The number of rotatable bonds is 3. The molecule has 1 atom stereocenters. The third-order valence-corrected chi connectivity index (χ3v) is 4.48. The maximum atomic E-state index is 4.46. The average molecular weight is 241 g/mol. The molecule has 15 heavy (non-hydrogen) atoms.